The van der Waals surface area contributed by atoms with Gasteiger partial charge in [0.1, 0.15) is 19.0 Å². The molecule has 1 atom stereocenters. The van der Waals surface area contributed by atoms with Crippen LogP contribution in [0.25, 0.3) is 0 Å². The van der Waals surface area contributed by atoms with Crippen molar-refractivity contribution in [2.45, 2.75) is 25.9 Å². The molecule has 0 spiro atoms. The summed E-state index contributed by atoms with van der Waals surface area (Å²) in [5, 5.41) is 13.9. The topological polar surface area (TPSA) is 60.0 Å². The van der Waals surface area contributed by atoms with E-state index in [9.17, 15) is 5.11 Å². The number of hydrogen-bond acceptors (Lipinski definition) is 5. The summed E-state index contributed by atoms with van der Waals surface area (Å²) in [5.41, 5.74) is 4.10. The van der Waals surface area contributed by atoms with E-state index in [1.807, 2.05) is 103 Å². The molecule has 1 unspecified atom stereocenters. The van der Waals surface area contributed by atoms with E-state index < -0.39 is 6.10 Å². The molecule has 5 nitrogen and oxygen atoms in total. The van der Waals surface area contributed by atoms with Gasteiger partial charge in [0.15, 0.2) is 11.5 Å². The first-order chi connectivity index (χ1) is 17.2. The van der Waals surface area contributed by atoms with Gasteiger partial charge in [0.2, 0.25) is 0 Å². The molecular weight excluding hydrogens is 438 g/mol. The fourth-order valence-electron chi connectivity index (χ4n) is 3.68. The van der Waals surface area contributed by atoms with E-state index in [0.29, 0.717) is 37.8 Å². The van der Waals surface area contributed by atoms with Crippen LogP contribution in [0.2, 0.25) is 0 Å². The third-order valence-corrected chi connectivity index (χ3v) is 5.65. The predicted molar refractivity (Wildman–Crippen MR) is 138 cm³/mol. The minimum absolute atomic E-state index is 0.427. The molecule has 180 valence electrons. The Kier molecular flexibility index (Phi) is 8.76. The van der Waals surface area contributed by atoms with Crippen LogP contribution in [0, 0.1) is 0 Å². The van der Waals surface area contributed by atoms with Crippen molar-refractivity contribution >= 4 is 0 Å². The summed E-state index contributed by atoms with van der Waals surface area (Å²) in [6.45, 7) is 2.01. The molecule has 4 aromatic rings. The fraction of sp³-hybridized carbons (Fsp3) is 0.200. The lowest BCUT2D eigenvalue weighted by Gasteiger charge is -2.15. The van der Waals surface area contributed by atoms with Crippen LogP contribution in [0.1, 0.15) is 28.4 Å². The molecule has 2 N–H and O–H groups in total. The van der Waals surface area contributed by atoms with Gasteiger partial charge in [0, 0.05) is 13.1 Å². The number of ether oxygens (including phenoxy) is 3. The van der Waals surface area contributed by atoms with E-state index >= 15 is 0 Å². The first kappa shape index (κ1) is 24.3. The maximum absolute atomic E-state index is 10.6. The smallest absolute Gasteiger partial charge is 0.161 e. The van der Waals surface area contributed by atoms with Gasteiger partial charge >= 0.3 is 0 Å². The van der Waals surface area contributed by atoms with Gasteiger partial charge in [-0.25, -0.2) is 0 Å². The number of aliphatic hydroxyl groups is 1. The molecule has 0 saturated heterocycles. The molecule has 0 bridgehead atoms. The quantitative estimate of drug-likeness (QED) is 0.280. The summed E-state index contributed by atoms with van der Waals surface area (Å²) in [6, 6.07) is 33.5. The van der Waals surface area contributed by atoms with E-state index in [1.54, 1.807) is 7.11 Å². The van der Waals surface area contributed by atoms with E-state index in [4.69, 9.17) is 14.2 Å². The van der Waals surface area contributed by atoms with Crippen molar-refractivity contribution in [1.29, 1.82) is 0 Å². The zero-order valence-electron chi connectivity index (χ0n) is 19.9. The molecule has 35 heavy (non-hydrogen) atoms. The lowest BCUT2D eigenvalue weighted by molar-refractivity contribution is 0.174. The Bertz CT molecular complexity index is 1160. The van der Waals surface area contributed by atoms with Crippen molar-refractivity contribution in [2.24, 2.45) is 0 Å². The highest BCUT2D eigenvalue weighted by atomic mass is 16.5. The molecule has 0 aliphatic carbocycles. The number of aliphatic hydroxyl groups excluding tert-OH is 1. The van der Waals surface area contributed by atoms with Crippen molar-refractivity contribution < 1.29 is 19.3 Å². The number of hydrogen-bond donors (Lipinski definition) is 2. The monoisotopic (exact) mass is 469 g/mol. The van der Waals surface area contributed by atoms with Crippen LogP contribution in [0.5, 0.6) is 17.2 Å². The molecule has 4 rings (SSSR count). The summed E-state index contributed by atoms with van der Waals surface area (Å²) in [5.74, 6) is 2.17. The number of rotatable bonds is 12. The van der Waals surface area contributed by atoms with Crippen molar-refractivity contribution in [3.63, 3.8) is 0 Å². The van der Waals surface area contributed by atoms with Gasteiger partial charge < -0.3 is 24.6 Å². The van der Waals surface area contributed by atoms with E-state index in [-0.39, 0.29) is 0 Å². The Balaban J connectivity index is 1.26. The minimum atomic E-state index is -0.620. The maximum Gasteiger partial charge on any atom is 0.161 e. The van der Waals surface area contributed by atoms with Crippen LogP contribution in [0.4, 0.5) is 0 Å². The number of methoxy groups -OCH3 is 1. The second-order valence-electron chi connectivity index (χ2n) is 8.25. The third kappa shape index (κ3) is 7.34. The highest BCUT2D eigenvalue weighted by Crippen LogP contribution is 2.29. The van der Waals surface area contributed by atoms with Crippen LogP contribution < -0.4 is 19.5 Å². The molecule has 0 aromatic heterocycles. The standard InChI is InChI=1S/C30H31NO4/c1-33-29-17-12-25(18-30(29)35-22-24-10-6-3-7-11-24)19-31-20-28(32)26-13-15-27(16-14-26)34-21-23-8-4-2-5-9-23/h2-18,28,31-32H,19-22H2,1H3. The molecule has 0 aliphatic heterocycles. The lowest BCUT2D eigenvalue weighted by Crippen LogP contribution is -2.21. The van der Waals surface area contributed by atoms with Gasteiger partial charge in [-0.3, -0.25) is 0 Å². The second-order valence-corrected chi connectivity index (χ2v) is 8.25. The Morgan fingerprint density at radius 3 is 1.94 bits per heavy atom. The van der Waals surface area contributed by atoms with E-state index in [2.05, 4.69) is 5.32 Å². The van der Waals surface area contributed by atoms with E-state index in [0.717, 1.165) is 28.0 Å². The van der Waals surface area contributed by atoms with Gasteiger partial charge in [0.25, 0.3) is 0 Å². The van der Waals surface area contributed by atoms with Crippen LogP contribution >= 0.6 is 0 Å². The van der Waals surface area contributed by atoms with Crippen LogP contribution in [-0.4, -0.2) is 18.8 Å². The predicted octanol–water partition coefficient (Wildman–Crippen LogP) is 5.68. The summed E-state index contributed by atoms with van der Waals surface area (Å²) in [4.78, 5) is 0. The average Bonchev–Trinajstić information content (AvgIpc) is 2.92. The summed E-state index contributed by atoms with van der Waals surface area (Å²) < 4.78 is 17.3. The summed E-state index contributed by atoms with van der Waals surface area (Å²) >= 11 is 0. The van der Waals surface area contributed by atoms with Gasteiger partial charge in [-0.1, -0.05) is 78.9 Å². The molecule has 0 heterocycles. The van der Waals surface area contributed by atoms with Crippen molar-refractivity contribution in [2.75, 3.05) is 13.7 Å². The van der Waals surface area contributed by atoms with E-state index in [1.165, 1.54) is 0 Å². The Labute approximate surface area is 206 Å². The highest BCUT2D eigenvalue weighted by molar-refractivity contribution is 5.43. The fourth-order valence-corrected chi connectivity index (χ4v) is 3.68. The highest BCUT2D eigenvalue weighted by Gasteiger charge is 2.10. The normalized spacial score (nSPS) is 11.6. The first-order valence-corrected chi connectivity index (χ1v) is 11.7. The number of benzene rings is 4. The van der Waals surface area contributed by atoms with Gasteiger partial charge in [0.05, 0.1) is 13.2 Å². The Morgan fingerprint density at radius 1 is 0.686 bits per heavy atom. The molecule has 0 aliphatic rings. The SMILES string of the molecule is COc1ccc(CNCC(O)c2ccc(OCc3ccccc3)cc2)cc1OCc1ccccc1. The zero-order valence-corrected chi connectivity index (χ0v) is 19.9. The van der Waals surface area contributed by atoms with Gasteiger partial charge in [-0.2, -0.15) is 0 Å². The number of nitrogens with one attached hydrogen (secondary N) is 1. The lowest BCUT2D eigenvalue weighted by atomic mass is 10.1. The van der Waals surface area contributed by atoms with Crippen molar-refractivity contribution in [1.82, 2.24) is 5.32 Å². The van der Waals surface area contributed by atoms with Gasteiger partial charge in [-0.05, 0) is 46.5 Å². The first-order valence-electron chi connectivity index (χ1n) is 11.7. The minimum Gasteiger partial charge on any atom is -0.493 e. The third-order valence-electron chi connectivity index (χ3n) is 5.65. The Morgan fingerprint density at radius 2 is 1.31 bits per heavy atom. The van der Waals surface area contributed by atoms with Crippen LogP contribution in [-0.2, 0) is 19.8 Å². The Hall–Kier alpha value is -3.80. The molecule has 5 heteroatoms. The van der Waals surface area contributed by atoms with Crippen molar-refractivity contribution in [3.8, 4) is 17.2 Å². The maximum atomic E-state index is 10.6. The van der Waals surface area contributed by atoms with Crippen molar-refractivity contribution in [3.05, 3.63) is 125 Å². The van der Waals surface area contributed by atoms with Gasteiger partial charge in [-0.15, -0.1) is 0 Å². The van der Waals surface area contributed by atoms with Crippen LogP contribution in [0.3, 0.4) is 0 Å². The summed E-state index contributed by atoms with van der Waals surface area (Å²) in [7, 11) is 1.64. The molecule has 0 saturated carbocycles. The molecular formula is C30H31NO4. The molecule has 0 amide bonds. The van der Waals surface area contributed by atoms with Crippen LogP contribution in [0.15, 0.2) is 103 Å². The average molecular weight is 470 g/mol. The second kappa shape index (κ2) is 12.6. The molecule has 0 radical (unpaired) electrons. The molecule has 0 fully saturated rings. The zero-order chi connectivity index (χ0) is 24.3. The molecule has 4 aromatic carbocycles. The summed E-state index contributed by atoms with van der Waals surface area (Å²) in [6.07, 6.45) is -0.620. The largest absolute Gasteiger partial charge is 0.493 e.